The molecule has 0 saturated heterocycles. The Bertz CT molecular complexity index is 429. The highest BCUT2D eigenvalue weighted by Gasteiger charge is 2.17. The van der Waals surface area contributed by atoms with Gasteiger partial charge in [0.1, 0.15) is 12.9 Å². The number of hydrogen-bond acceptors (Lipinski definition) is 5. The van der Waals surface area contributed by atoms with Gasteiger partial charge in [0.25, 0.3) is 5.69 Å². The molecule has 0 heterocycles. The number of benzene rings is 1. The van der Waals surface area contributed by atoms with E-state index in [4.69, 9.17) is 4.74 Å². The standard InChI is InChI=1S/C10H12N2O4/c1-7(11-16-3)9-6-8(15-2)4-5-10(9)12(13)14/h4-6H,1-3H3/b11-7-. The van der Waals surface area contributed by atoms with Gasteiger partial charge in [0, 0.05) is 6.07 Å². The quantitative estimate of drug-likeness (QED) is 0.445. The van der Waals surface area contributed by atoms with Crippen molar-refractivity contribution in [1.29, 1.82) is 0 Å². The molecule has 0 atom stereocenters. The van der Waals surface area contributed by atoms with Crippen molar-refractivity contribution in [3.63, 3.8) is 0 Å². The second-order valence-electron chi connectivity index (χ2n) is 3.00. The van der Waals surface area contributed by atoms with E-state index >= 15 is 0 Å². The van der Waals surface area contributed by atoms with E-state index < -0.39 is 4.92 Å². The van der Waals surface area contributed by atoms with Gasteiger partial charge in [-0.1, -0.05) is 5.16 Å². The molecule has 1 aromatic carbocycles. The maximum absolute atomic E-state index is 10.8. The summed E-state index contributed by atoms with van der Waals surface area (Å²) in [5, 5.41) is 14.5. The Labute approximate surface area is 92.6 Å². The van der Waals surface area contributed by atoms with Gasteiger partial charge >= 0.3 is 0 Å². The zero-order valence-electron chi connectivity index (χ0n) is 9.26. The fraction of sp³-hybridized carbons (Fsp3) is 0.300. The van der Waals surface area contributed by atoms with Crippen molar-refractivity contribution in [2.75, 3.05) is 14.2 Å². The summed E-state index contributed by atoms with van der Waals surface area (Å²) in [5.74, 6) is 0.534. The smallest absolute Gasteiger partial charge is 0.278 e. The van der Waals surface area contributed by atoms with E-state index in [1.165, 1.54) is 26.4 Å². The summed E-state index contributed by atoms with van der Waals surface area (Å²) in [6.07, 6.45) is 0. The van der Waals surface area contributed by atoms with Crippen LogP contribution in [-0.2, 0) is 4.84 Å². The number of oxime groups is 1. The van der Waals surface area contributed by atoms with Crippen LogP contribution in [0.15, 0.2) is 23.4 Å². The Kier molecular flexibility index (Phi) is 3.82. The molecular formula is C10H12N2O4. The Hall–Kier alpha value is -2.11. The van der Waals surface area contributed by atoms with Crippen LogP contribution in [0.25, 0.3) is 0 Å². The monoisotopic (exact) mass is 224 g/mol. The van der Waals surface area contributed by atoms with Crippen molar-refractivity contribution in [2.24, 2.45) is 5.16 Å². The molecule has 86 valence electrons. The van der Waals surface area contributed by atoms with Crippen LogP contribution in [0, 0.1) is 10.1 Å². The van der Waals surface area contributed by atoms with E-state index in [9.17, 15) is 10.1 Å². The number of nitro groups is 1. The van der Waals surface area contributed by atoms with Crippen LogP contribution in [0.4, 0.5) is 5.69 Å². The minimum Gasteiger partial charge on any atom is -0.497 e. The van der Waals surface area contributed by atoms with Crippen LogP contribution in [0.1, 0.15) is 12.5 Å². The summed E-state index contributed by atoms with van der Waals surface area (Å²) in [6, 6.07) is 4.46. The highest BCUT2D eigenvalue weighted by molar-refractivity contribution is 6.02. The van der Waals surface area contributed by atoms with Gasteiger partial charge in [-0.3, -0.25) is 10.1 Å². The average molecular weight is 224 g/mol. The summed E-state index contributed by atoms with van der Waals surface area (Å²) in [5.41, 5.74) is 0.776. The zero-order chi connectivity index (χ0) is 12.1. The SMILES string of the molecule is CO/N=C(/C)c1cc(OC)ccc1[N+](=O)[O-]. The molecule has 0 fully saturated rings. The van der Waals surface area contributed by atoms with Crippen LogP contribution in [0.5, 0.6) is 5.75 Å². The first kappa shape index (κ1) is 12.0. The molecule has 0 aliphatic heterocycles. The van der Waals surface area contributed by atoms with Crippen molar-refractivity contribution >= 4 is 11.4 Å². The predicted molar refractivity (Wildman–Crippen MR) is 58.9 cm³/mol. The lowest BCUT2D eigenvalue weighted by atomic mass is 10.1. The molecule has 1 rings (SSSR count). The lowest BCUT2D eigenvalue weighted by Crippen LogP contribution is -2.02. The van der Waals surface area contributed by atoms with Gasteiger partial charge in [-0.05, 0) is 19.1 Å². The van der Waals surface area contributed by atoms with Crippen molar-refractivity contribution in [3.05, 3.63) is 33.9 Å². The molecule has 0 N–H and O–H groups in total. The normalized spacial score (nSPS) is 11.1. The molecule has 0 aliphatic carbocycles. The van der Waals surface area contributed by atoms with Gasteiger partial charge < -0.3 is 9.57 Å². The summed E-state index contributed by atoms with van der Waals surface area (Å²) >= 11 is 0. The first-order valence-corrected chi connectivity index (χ1v) is 4.50. The number of hydrogen-bond donors (Lipinski definition) is 0. The summed E-state index contributed by atoms with van der Waals surface area (Å²) in [7, 11) is 2.88. The average Bonchev–Trinajstić information content (AvgIpc) is 2.28. The molecule has 6 nitrogen and oxygen atoms in total. The molecule has 6 heteroatoms. The van der Waals surface area contributed by atoms with Crippen molar-refractivity contribution in [2.45, 2.75) is 6.92 Å². The van der Waals surface area contributed by atoms with Gasteiger partial charge in [-0.15, -0.1) is 0 Å². The van der Waals surface area contributed by atoms with Crippen LogP contribution in [0.3, 0.4) is 0 Å². The second-order valence-corrected chi connectivity index (χ2v) is 3.00. The van der Waals surface area contributed by atoms with Crippen molar-refractivity contribution < 1.29 is 14.5 Å². The van der Waals surface area contributed by atoms with Gasteiger partial charge in [-0.2, -0.15) is 0 Å². The summed E-state index contributed by atoms with van der Waals surface area (Å²) in [4.78, 5) is 14.9. The van der Waals surface area contributed by atoms with E-state index in [1.54, 1.807) is 13.0 Å². The Morgan fingerprint density at radius 3 is 2.62 bits per heavy atom. The van der Waals surface area contributed by atoms with Gasteiger partial charge in [-0.25, -0.2) is 0 Å². The van der Waals surface area contributed by atoms with E-state index in [0.717, 1.165) is 0 Å². The molecule has 0 unspecified atom stereocenters. The molecule has 0 radical (unpaired) electrons. The number of nitro benzene ring substituents is 1. The van der Waals surface area contributed by atoms with Crippen LogP contribution in [-0.4, -0.2) is 24.9 Å². The lowest BCUT2D eigenvalue weighted by molar-refractivity contribution is -0.385. The predicted octanol–water partition coefficient (Wildman–Crippen LogP) is 1.97. The topological polar surface area (TPSA) is 74.0 Å². The van der Waals surface area contributed by atoms with E-state index in [-0.39, 0.29) is 5.69 Å². The van der Waals surface area contributed by atoms with Crippen molar-refractivity contribution in [3.8, 4) is 5.75 Å². The van der Waals surface area contributed by atoms with E-state index in [1.807, 2.05) is 0 Å². The molecule has 0 bridgehead atoms. The van der Waals surface area contributed by atoms with Crippen LogP contribution < -0.4 is 4.74 Å². The second kappa shape index (κ2) is 5.11. The number of nitrogens with zero attached hydrogens (tertiary/aromatic N) is 2. The molecule has 16 heavy (non-hydrogen) atoms. The van der Waals surface area contributed by atoms with Crippen LogP contribution in [0.2, 0.25) is 0 Å². The lowest BCUT2D eigenvalue weighted by Gasteiger charge is -2.04. The molecular weight excluding hydrogens is 212 g/mol. The minimum atomic E-state index is -0.469. The molecule has 1 aromatic rings. The highest BCUT2D eigenvalue weighted by atomic mass is 16.6. The largest absolute Gasteiger partial charge is 0.497 e. The third-order valence-corrected chi connectivity index (χ3v) is 2.02. The Morgan fingerprint density at radius 2 is 2.12 bits per heavy atom. The number of ether oxygens (including phenoxy) is 1. The maximum Gasteiger partial charge on any atom is 0.278 e. The minimum absolute atomic E-state index is 0.0286. The maximum atomic E-state index is 10.8. The van der Waals surface area contributed by atoms with E-state index in [2.05, 4.69) is 9.99 Å². The fourth-order valence-electron chi connectivity index (χ4n) is 1.28. The third-order valence-electron chi connectivity index (χ3n) is 2.02. The molecule has 0 saturated carbocycles. The van der Waals surface area contributed by atoms with Gasteiger partial charge in [0.15, 0.2) is 0 Å². The molecule has 0 aromatic heterocycles. The third kappa shape index (κ3) is 2.47. The highest BCUT2D eigenvalue weighted by Crippen LogP contribution is 2.24. The summed E-state index contributed by atoms with van der Waals surface area (Å²) < 4.78 is 5.00. The van der Waals surface area contributed by atoms with Gasteiger partial charge in [0.2, 0.25) is 0 Å². The zero-order valence-corrected chi connectivity index (χ0v) is 9.26. The van der Waals surface area contributed by atoms with Crippen molar-refractivity contribution in [1.82, 2.24) is 0 Å². The Morgan fingerprint density at radius 1 is 1.44 bits per heavy atom. The van der Waals surface area contributed by atoms with E-state index in [0.29, 0.717) is 17.0 Å². The molecule has 0 aliphatic rings. The summed E-state index contributed by atoms with van der Waals surface area (Å²) in [6.45, 7) is 1.63. The van der Waals surface area contributed by atoms with Crippen LogP contribution >= 0.6 is 0 Å². The number of methoxy groups -OCH3 is 1. The first-order chi connectivity index (χ1) is 7.60. The van der Waals surface area contributed by atoms with Gasteiger partial charge in [0.05, 0.1) is 23.3 Å². The molecule has 0 spiro atoms. The number of rotatable bonds is 4. The first-order valence-electron chi connectivity index (χ1n) is 4.50. The Balaban J connectivity index is 3.31. The molecule has 0 amide bonds. The fourth-order valence-corrected chi connectivity index (χ4v) is 1.28.